The first kappa shape index (κ1) is 15.6. The molecule has 25 heavy (non-hydrogen) atoms. The van der Waals surface area contributed by atoms with Crippen LogP contribution in [0, 0.1) is 0 Å². The quantitative estimate of drug-likeness (QED) is 0.685. The van der Waals surface area contributed by atoms with E-state index in [-0.39, 0.29) is 11.7 Å². The predicted octanol–water partition coefficient (Wildman–Crippen LogP) is 3.90. The largest absolute Gasteiger partial charge is 0.372 e. The zero-order valence-corrected chi connectivity index (χ0v) is 14.0. The number of hydrogen-bond acceptors (Lipinski definition) is 3. The Kier molecular flexibility index (Phi) is 4.10. The van der Waals surface area contributed by atoms with Gasteiger partial charge >= 0.3 is 0 Å². The highest BCUT2D eigenvalue weighted by atomic mass is 16.2. The Morgan fingerprint density at radius 2 is 1.68 bits per heavy atom. The second kappa shape index (κ2) is 6.55. The van der Waals surface area contributed by atoms with Crippen molar-refractivity contribution >= 4 is 28.6 Å². The minimum absolute atomic E-state index is 0.146. The van der Waals surface area contributed by atoms with Crippen molar-refractivity contribution in [1.29, 1.82) is 0 Å². The summed E-state index contributed by atoms with van der Waals surface area (Å²) in [6, 6.07) is 15.1. The van der Waals surface area contributed by atoms with Gasteiger partial charge in [0.05, 0.1) is 5.57 Å². The molecule has 1 N–H and O–H groups in total. The molecule has 126 valence electrons. The standard InChI is InChI=1S/C21H20N2O2/c24-20(14-18-17-6-2-3-7-19(17)22-21(18)25)15-8-10-16(11-9-15)23-12-4-1-5-13-23/h2-3,6-11,14H,1,4-5,12-13H2,(H,22,25)/b18-14-. The van der Waals surface area contributed by atoms with Crippen molar-refractivity contribution in [1.82, 2.24) is 0 Å². The normalized spacial score (nSPS) is 18.2. The van der Waals surface area contributed by atoms with Crippen LogP contribution in [-0.4, -0.2) is 24.8 Å². The average molecular weight is 332 g/mol. The molecule has 0 saturated carbocycles. The van der Waals surface area contributed by atoms with E-state index in [1.165, 1.54) is 25.3 Å². The van der Waals surface area contributed by atoms with E-state index in [1.807, 2.05) is 48.5 Å². The third-order valence-electron chi connectivity index (χ3n) is 4.86. The molecule has 2 heterocycles. The van der Waals surface area contributed by atoms with E-state index in [4.69, 9.17) is 0 Å². The average Bonchev–Trinajstić information content (AvgIpc) is 2.98. The van der Waals surface area contributed by atoms with E-state index in [9.17, 15) is 9.59 Å². The molecule has 2 aliphatic heterocycles. The summed E-state index contributed by atoms with van der Waals surface area (Å²) >= 11 is 0. The monoisotopic (exact) mass is 332 g/mol. The lowest BCUT2D eigenvalue weighted by Crippen LogP contribution is -2.29. The number of anilines is 2. The highest BCUT2D eigenvalue weighted by Crippen LogP contribution is 2.31. The fourth-order valence-electron chi connectivity index (χ4n) is 3.49. The molecule has 4 rings (SSSR count). The molecule has 0 radical (unpaired) electrons. The van der Waals surface area contributed by atoms with Gasteiger partial charge in [0.25, 0.3) is 5.91 Å². The van der Waals surface area contributed by atoms with Crippen molar-refractivity contribution in [3.8, 4) is 0 Å². The summed E-state index contributed by atoms with van der Waals surface area (Å²) in [5.41, 5.74) is 3.73. The molecule has 0 aliphatic carbocycles. The summed E-state index contributed by atoms with van der Waals surface area (Å²) in [4.78, 5) is 27.1. The number of carbonyl (C=O) groups excluding carboxylic acids is 2. The maximum absolute atomic E-state index is 12.6. The van der Waals surface area contributed by atoms with Crippen LogP contribution in [0.1, 0.15) is 35.2 Å². The Morgan fingerprint density at radius 3 is 2.44 bits per heavy atom. The lowest BCUT2D eigenvalue weighted by molar-refractivity contribution is -0.110. The smallest absolute Gasteiger partial charge is 0.256 e. The van der Waals surface area contributed by atoms with Gasteiger partial charge < -0.3 is 10.2 Å². The van der Waals surface area contributed by atoms with Crippen LogP contribution in [0.25, 0.3) is 5.57 Å². The SMILES string of the molecule is O=C1Nc2ccccc2/C1=C/C(=O)c1ccc(N2CCCCC2)cc1. The van der Waals surface area contributed by atoms with Crippen LogP contribution in [0.4, 0.5) is 11.4 Å². The number of allylic oxidation sites excluding steroid dienone is 1. The molecule has 1 saturated heterocycles. The summed E-state index contributed by atoms with van der Waals surface area (Å²) in [7, 11) is 0. The van der Waals surface area contributed by atoms with Crippen LogP contribution in [0.3, 0.4) is 0 Å². The molecule has 4 nitrogen and oxygen atoms in total. The van der Waals surface area contributed by atoms with Crippen molar-refractivity contribution in [2.45, 2.75) is 19.3 Å². The van der Waals surface area contributed by atoms with E-state index in [0.717, 1.165) is 30.0 Å². The van der Waals surface area contributed by atoms with Crippen LogP contribution in [0.2, 0.25) is 0 Å². The number of carbonyl (C=O) groups is 2. The topological polar surface area (TPSA) is 49.4 Å². The molecular formula is C21H20N2O2. The van der Waals surface area contributed by atoms with Crippen molar-refractivity contribution in [2.24, 2.45) is 0 Å². The van der Waals surface area contributed by atoms with E-state index < -0.39 is 0 Å². The zero-order valence-electron chi connectivity index (χ0n) is 14.0. The second-order valence-electron chi connectivity index (χ2n) is 6.52. The van der Waals surface area contributed by atoms with Crippen LogP contribution < -0.4 is 10.2 Å². The number of hydrogen-bond donors (Lipinski definition) is 1. The van der Waals surface area contributed by atoms with E-state index >= 15 is 0 Å². The summed E-state index contributed by atoms with van der Waals surface area (Å²) in [5.74, 6) is -0.369. The number of nitrogens with zero attached hydrogens (tertiary/aromatic N) is 1. The molecule has 2 aliphatic rings. The van der Waals surface area contributed by atoms with Crippen molar-refractivity contribution < 1.29 is 9.59 Å². The minimum atomic E-state index is -0.223. The molecule has 2 aromatic rings. The number of nitrogens with one attached hydrogen (secondary N) is 1. The fourth-order valence-corrected chi connectivity index (χ4v) is 3.49. The van der Waals surface area contributed by atoms with Crippen LogP contribution >= 0.6 is 0 Å². The highest BCUT2D eigenvalue weighted by Gasteiger charge is 2.24. The molecule has 0 bridgehead atoms. The van der Waals surface area contributed by atoms with Crippen LogP contribution in [0.5, 0.6) is 0 Å². The van der Waals surface area contributed by atoms with E-state index in [2.05, 4.69) is 10.2 Å². The number of para-hydroxylation sites is 1. The Balaban J connectivity index is 1.56. The van der Waals surface area contributed by atoms with Gasteiger partial charge in [-0.2, -0.15) is 0 Å². The maximum atomic E-state index is 12.6. The van der Waals surface area contributed by atoms with Gasteiger partial charge in [-0.1, -0.05) is 18.2 Å². The number of ketones is 1. The van der Waals surface area contributed by atoms with Gasteiger partial charge in [0.2, 0.25) is 0 Å². The van der Waals surface area contributed by atoms with Gasteiger partial charge in [-0.15, -0.1) is 0 Å². The van der Waals surface area contributed by atoms with Gasteiger partial charge in [0, 0.05) is 35.6 Å². The predicted molar refractivity (Wildman–Crippen MR) is 99.9 cm³/mol. The van der Waals surface area contributed by atoms with Crippen molar-refractivity contribution in [2.75, 3.05) is 23.3 Å². The lowest BCUT2D eigenvalue weighted by atomic mass is 10.0. The number of fused-ring (bicyclic) bond motifs is 1. The molecule has 0 atom stereocenters. The summed E-state index contributed by atoms with van der Waals surface area (Å²) < 4.78 is 0. The lowest BCUT2D eigenvalue weighted by Gasteiger charge is -2.28. The fraction of sp³-hybridized carbons (Fsp3) is 0.238. The number of rotatable bonds is 3. The summed E-state index contributed by atoms with van der Waals surface area (Å²) in [5, 5.41) is 2.79. The molecule has 1 fully saturated rings. The van der Waals surface area contributed by atoms with Gasteiger partial charge in [-0.3, -0.25) is 9.59 Å². The van der Waals surface area contributed by atoms with Gasteiger partial charge in [0.1, 0.15) is 0 Å². The Hall–Kier alpha value is -2.88. The summed E-state index contributed by atoms with van der Waals surface area (Å²) in [6.07, 6.45) is 5.18. The second-order valence-corrected chi connectivity index (χ2v) is 6.52. The van der Waals surface area contributed by atoms with E-state index in [0.29, 0.717) is 11.1 Å². The first-order valence-corrected chi connectivity index (χ1v) is 8.74. The molecular weight excluding hydrogens is 312 g/mol. The maximum Gasteiger partial charge on any atom is 0.256 e. The van der Waals surface area contributed by atoms with Gasteiger partial charge in [-0.05, 0) is 55.7 Å². The first-order valence-electron chi connectivity index (χ1n) is 8.74. The molecule has 4 heteroatoms. The van der Waals surface area contributed by atoms with Crippen molar-refractivity contribution in [3.05, 3.63) is 65.7 Å². The molecule has 2 aromatic carbocycles. The number of amides is 1. The van der Waals surface area contributed by atoms with Crippen LogP contribution in [-0.2, 0) is 4.79 Å². The third-order valence-corrected chi connectivity index (χ3v) is 4.86. The number of benzene rings is 2. The number of piperidine rings is 1. The minimum Gasteiger partial charge on any atom is -0.372 e. The summed E-state index contributed by atoms with van der Waals surface area (Å²) in [6.45, 7) is 2.16. The third kappa shape index (κ3) is 3.07. The molecule has 0 aromatic heterocycles. The first-order chi connectivity index (χ1) is 12.2. The highest BCUT2D eigenvalue weighted by molar-refractivity contribution is 6.35. The Labute approximate surface area is 147 Å². The Bertz CT molecular complexity index is 846. The van der Waals surface area contributed by atoms with Crippen molar-refractivity contribution in [3.63, 3.8) is 0 Å². The van der Waals surface area contributed by atoms with Crippen LogP contribution in [0.15, 0.2) is 54.6 Å². The Morgan fingerprint density at radius 1 is 0.960 bits per heavy atom. The molecule has 0 unspecified atom stereocenters. The molecule has 0 spiro atoms. The van der Waals surface area contributed by atoms with E-state index in [1.54, 1.807) is 0 Å². The zero-order chi connectivity index (χ0) is 17.2. The van der Waals surface area contributed by atoms with Gasteiger partial charge in [-0.25, -0.2) is 0 Å². The van der Waals surface area contributed by atoms with Gasteiger partial charge in [0.15, 0.2) is 5.78 Å². The molecule has 1 amide bonds.